The van der Waals surface area contributed by atoms with Gasteiger partial charge in [0.2, 0.25) is 0 Å². The minimum Gasteiger partial charge on any atom is -0.493 e. The van der Waals surface area contributed by atoms with Crippen molar-refractivity contribution in [2.24, 2.45) is 5.10 Å². The fourth-order valence-corrected chi connectivity index (χ4v) is 4.00. The predicted octanol–water partition coefficient (Wildman–Crippen LogP) is 6.19. The molecule has 41 heavy (non-hydrogen) atoms. The minimum atomic E-state index is -0.542. The summed E-state index contributed by atoms with van der Waals surface area (Å²) in [6, 6.07) is 23.8. The molecule has 0 spiro atoms. The van der Waals surface area contributed by atoms with E-state index < -0.39 is 10.8 Å². The summed E-state index contributed by atoms with van der Waals surface area (Å²) in [5, 5.41) is 15.0. The van der Waals surface area contributed by atoms with Crippen LogP contribution in [0.2, 0.25) is 5.02 Å². The molecule has 4 aromatic rings. The Morgan fingerprint density at radius 3 is 2.27 bits per heavy atom. The van der Waals surface area contributed by atoms with Crippen LogP contribution in [0.3, 0.4) is 0 Å². The molecule has 0 bridgehead atoms. The van der Waals surface area contributed by atoms with Gasteiger partial charge in [-0.15, -0.1) is 0 Å². The highest BCUT2D eigenvalue weighted by Crippen LogP contribution is 2.37. The number of nitrogens with zero attached hydrogens (tertiary/aromatic N) is 2. The van der Waals surface area contributed by atoms with Crippen LogP contribution in [-0.4, -0.2) is 31.3 Å². The highest BCUT2D eigenvalue weighted by Gasteiger charge is 2.14. The second-order valence-corrected chi connectivity index (χ2v) is 8.99. The highest BCUT2D eigenvalue weighted by molar-refractivity contribution is 6.32. The van der Waals surface area contributed by atoms with Gasteiger partial charge < -0.3 is 18.9 Å². The molecule has 4 rings (SSSR count). The average Bonchev–Trinajstić information content (AvgIpc) is 2.99. The molecule has 4 aromatic carbocycles. The molecular weight excluding hydrogens is 550 g/mol. The lowest BCUT2D eigenvalue weighted by Gasteiger charge is -2.15. The number of methoxy groups -OCH3 is 2. The Bertz CT molecular complexity index is 1540. The Labute approximate surface area is 241 Å². The van der Waals surface area contributed by atoms with Gasteiger partial charge in [0, 0.05) is 17.7 Å². The lowest BCUT2D eigenvalue weighted by atomic mass is 10.2. The number of hydrazone groups is 1. The number of ether oxygens (including phenoxy) is 4. The van der Waals surface area contributed by atoms with E-state index in [0.717, 1.165) is 11.1 Å². The lowest BCUT2D eigenvalue weighted by Crippen LogP contribution is -2.17. The third-order valence-corrected chi connectivity index (χ3v) is 6.10. The van der Waals surface area contributed by atoms with Crippen molar-refractivity contribution in [3.8, 4) is 23.0 Å². The molecule has 0 aromatic heterocycles. The summed E-state index contributed by atoms with van der Waals surface area (Å²) in [7, 11) is 3.06. The minimum absolute atomic E-state index is 0.113. The summed E-state index contributed by atoms with van der Waals surface area (Å²) >= 11 is 6.49. The zero-order chi connectivity index (χ0) is 29.2. The van der Waals surface area contributed by atoms with E-state index in [0.29, 0.717) is 35.2 Å². The topological polar surface area (TPSA) is 122 Å². The Kier molecular flexibility index (Phi) is 9.74. The van der Waals surface area contributed by atoms with Gasteiger partial charge in [-0.2, -0.15) is 5.10 Å². The van der Waals surface area contributed by atoms with Gasteiger partial charge in [0.05, 0.1) is 30.4 Å². The van der Waals surface area contributed by atoms with Crippen molar-refractivity contribution in [3.63, 3.8) is 0 Å². The smallest absolute Gasteiger partial charge is 0.271 e. The molecule has 1 amide bonds. The Morgan fingerprint density at radius 1 is 0.878 bits per heavy atom. The number of carbonyl (C=O) groups is 1. The number of amides is 1. The van der Waals surface area contributed by atoms with Gasteiger partial charge in [0.15, 0.2) is 23.0 Å². The van der Waals surface area contributed by atoms with Crippen molar-refractivity contribution >= 4 is 29.4 Å². The Hall–Kier alpha value is -5.09. The lowest BCUT2D eigenvalue weighted by molar-refractivity contribution is -0.384. The van der Waals surface area contributed by atoms with Gasteiger partial charge >= 0.3 is 0 Å². The van der Waals surface area contributed by atoms with Crippen molar-refractivity contribution in [2.45, 2.75) is 13.2 Å². The second kappa shape index (κ2) is 13.8. The molecule has 0 saturated carbocycles. The van der Waals surface area contributed by atoms with E-state index in [-0.39, 0.29) is 22.9 Å². The first-order valence-corrected chi connectivity index (χ1v) is 12.7. The number of nitrogens with one attached hydrogen (secondary N) is 1. The van der Waals surface area contributed by atoms with Gasteiger partial charge in [-0.05, 0) is 53.1 Å². The standard InChI is InChI=1S/C30H26ClN3O7/c1-38-27-15-21(8-13-26(27)40-18-20-6-4-3-5-7-20)19-41-29-25(31)14-22(16-28(29)39-2)17-32-33-30(35)23-9-11-24(12-10-23)34(36)37/h3-17H,18-19H2,1-2H3,(H,33,35)/b32-17+. The molecule has 0 heterocycles. The number of rotatable bonds is 12. The summed E-state index contributed by atoms with van der Waals surface area (Å²) in [5.74, 6) is 1.36. The van der Waals surface area contributed by atoms with E-state index >= 15 is 0 Å². The summed E-state index contributed by atoms with van der Waals surface area (Å²) in [5.41, 5.74) is 4.90. The van der Waals surface area contributed by atoms with Crippen LogP contribution in [0.25, 0.3) is 0 Å². The van der Waals surface area contributed by atoms with Gasteiger partial charge in [0.25, 0.3) is 11.6 Å². The van der Waals surface area contributed by atoms with Gasteiger partial charge in [-0.3, -0.25) is 14.9 Å². The van der Waals surface area contributed by atoms with Crippen molar-refractivity contribution in [2.75, 3.05) is 14.2 Å². The summed E-state index contributed by atoms with van der Waals surface area (Å²) in [6.07, 6.45) is 1.39. The molecule has 10 nitrogen and oxygen atoms in total. The molecule has 0 fully saturated rings. The number of nitro benzene ring substituents is 1. The average molecular weight is 576 g/mol. The molecular formula is C30H26ClN3O7. The van der Waals surface area contributed by atoms with Crippen LogP contribution in [0.15, 0.2) is 90.0 Å². The van der Waals surface area contributed by atoms with Crippen LogP contribution in [-0.2, 0) is 13.2 Å². The fraction of sp³-hybridized carbons (Fsp3) is 0.133. The normalized spacial score (nSPS) is 10.7. The monoisotopic (exact) mass is 575 g/mol. The first-order valence-electron chi connectivity index (χ1n) is 12.3. The van der Waals surface area contributed by atoms with Crippen LogP contribution >= 0.6 is 11.6 Å². The third kappa shape index (κ3) is 7.74. The molecule has 210 valence electrons. The van der Waals surface area contributed by atoms with E-state index in [4.69, 9.17) is 30.5 Å². The predicted molar refractivity (Wildman–Crippen MR) is 154 cm³/mol. The molecule has 1 N–H and O–H groups in total. The van der Waals surface area contributed by atoms with Crippen LogP contribution in [0.1, 0.15) is 27.0 Å². The van der Waals surface area contributed by atoms with E-state index in [2.05, 4.69) is 10.5 Å². The number of benzene rings is 4. The molecule has 11 heteroatoms. The zero-order valence-corrected chi connectivity index (χ0v) is 23.0. The van der Waals surface area contributed by atoms with Crippen molar-refractivity contribution in [1.29, 1.82) is 0 Å². The highest BCUT2D eigenvalue weighted by atomic mass is 35.5. The largest absolute Gasteiger partial charge is 0.493 e. The third-order valence-electron chi connectivity index (χ3n) is 5.82. The van der Waals surface area contributed by atoms with Crippen LogP contribution in [0.4, 0.5) is 5.69 Å². The molecule has 0 aliphatic rings. The Morgan fingerprint density at radius 2 is 1.59 bits per heavy atom. The summed E-state index contributed by atoms with van der Waals surface area (Å²) in [4.78, 5) is 22.5. The summed E-state index contributed by atoms with van der Waals surface area (Å²) in [6.45, 7) is 0.598. The molecule has 0 saturated heterocycles. The maximum atomic E-state index is 12.3. The van der Waals surface area contributed by atoms with Crippen LogP contribution in [0, 0.1) is 10.1 Å². The van der Waals surface area contributed by atoms with Crippen molar-refractivity contribution < 1.29 is 28.7 Å². The van der Waals surface area contributed by atoms with Gasteiger partial charge in [0.1, 0.15) is 13.2 Å². The zero-order valence-electron chi connectivity index (χ0n) is 22.2. The fourth-order valence-electron chi connectivity index (χ4n) is 3.73. The quantitative estimate of drug-likeness (QED) is 0.121. The second-order valence-electron chi connectivity index (χ2n) is 8.59. The van der Waals surface area contributed by atoms with Gasteiger partial charge in [-0.25, -0.2) is 5.43 Å². The number of hydrogen-bond donors (Lipinski definition) is 1. The van der Waals surface area contributed by atoms with E-state index in [1.807, 2.05) is 48.5 Å². The molecule has 0 radical (unpaired) electrons. The van der Waals surface area contributed by atoms with Crippen molar-refractivity contribution in [3.05, 3.63) is 122 Å². The Balaban J connectivity index is 1.38. The number of halogens is 1. The van der Waals surface area contributed by atoms with E-state index in [1.165, 1.54) is 37.6 Å². The van der Waals surface area contributed by atoms with E-state index in [9.17, 15) is 14.9 Å². The molecule has 0 aliphatic heterocycles. The van der Waals surface area contributed by atoms with Gasteiger partial charge in [-0.1, -0.05) is 48.0 Å². The number of nitro groups is 1. The molecule has 0 atom stereocenters. The van der Waals surface area contributed by atoms with Crippen LogP contribution in [0.5, 0.6) is 23.0 Å². The SMILES string of the molecule is COc1cc(COc2c(Cl)cc(/C=N/NC(=O)c3ccc([N+](=O)[O-])cc3)cc2OC)ccc1OCc1ccccc1. The van der Waals surface area contributed by atoms with Crippen LogP contribution < -0.4 is 24.4 Å². The van der Waals surface area contributed by atoms with Crippen molar-refractivity contribution in [1.82, 2.24) is 5.43 Å². The number of carbonyl (C=O) groups excluding carboxylic acids is 1. The molecule has 0 unspecified atom stereocenters. The summed E-state index contributed by atoms with van der Waals surface area (Å²) < 4.78 is 22.9. The number of non-ortho nitro benzene ring substituents is 1. The first-order chi connectivity index (χ1) is 19.9. The molecule has 0 aliphatic carbocycles. The maximum Gasteiger partial charge on any atom is 0.271 e. The van der Waals surface area contributed by atoms with E-state index in [1.54, 1.807) is 19.2 Å². The first kappa shape index (κ1) is 28.9. The number of hydrogen-bond acceptors (Lipinski definition) is 8. The maximum absolute atomic E-state index is 12.3.